The minimum atomic E-state index is -1.92. The van der Waals surface area contributed by atoms with Gasteiger partial charge in [0.2, 0.25) is 5.91 Å². The van der Waals surface area contributed by atoms with E-state index in [1.807, 2.05) is 6.92 Å². The number of alkyl halides is 1. The van der Waals surface area contributed by atoms with Crippen molar-refractivity contribution in [3.8, 4) is 11.1 Å². The second-order valence-corrected chi connectivity index (χ2v) is 7.72. The maximum Gasteiger partial charge on any atom is 0.229 e. The van der Waals surface area contributed by atoms with E-state index < -0.39 is 23.2 Å². The maximum atomic E-state index is 15.8. The first kappa shape index (κ1) is 19.0. The van der Waals surface area contributed by atoms with Crippen LogP contribution in [0.2, 0.25) is 0 Å². The van der Waals surface area contributed by atoms with Gasteiger partial charge in [-0.2, -0.15) is 0 Å². The summed E-state index contributed by atoms with van der Waals surface area (Å²) in [7, 11) is 0. The Labute approximate surface area is 162 Å². The van der Waals surface area contributed by atoms with E-state index in [4.69, 9.17) is 5.73 Å². The minimum Gasteiger partial charge on any atom is -0.338 e. The molecule has 4 rings (SSSR count). The van der Waals surface area contributed by atoms with Crippen LogP contribution in [0.5, 0.6) is 0 Å². The highest BCUT2D eigenvalue weighted by Gasteiger charge is 2.63. The third-order valence-corrected chi connectivity index (χ3v) is 6.11. The summed E-state index contributed by atoms with van der Waals surface area (Å²) in [6.45, 7) is 2.54. The van der Waals surface area contributed by atoms with Gasteiger partial charge < -0.3 is 10.6 Å². The second kappa shape index (κ2) is 6.92. The zero-order valence-electron chi connectivity index (χ0n) is 15.7. The van der Waals surface area contributed by atoms with Gasteiger partial charge in [-0.05, 0) is 36.1 Å². The standard InChI is InChI=1S/C22H23F3N2O/c1-2-18(26)19-10-11-27(19)21(28)15-12-22(15,25)14-7-4-3-6-13(14)20-16(23)8-5-9-17(20)24/h3-9,15,18-19H,2,10-12,26H2,1H3/t15-,18?,19-,22+/m0/s1. The topological polar surface area (TPSA) is 46.3 Å². The fourth-order valence-electron chi connectivity index (χ4n) is 4.24. The van der Waals surface area contributed by atoms with E-state index >= 15 is 4.39 Å². The smallest absolute Gasteiger partial charge is 0.229 e. The Morgan fingerprint density at radius 3 is 2.50 bits per heavy atom. The molecule has 3 nitrogen and oxygen atoms in total. The van der Waals surface area contributed by atoms with E-state index in [1.54, 1.807) is 17.0 Å². The molecular formula is C22H23F3N2O. The molecule has 2 aromatic rings. The average Bonchev–Trinajstić information content (AvgIpc) is 3.34. The van der Waals surface area contributed by atoms with Gasteiger partial charge in [0, 0.05) is 25.0 Å². The highest BCUT2D eigenvalue weighted by Crippen LogP contribution is 2.59. The van der Waals surface area contributed by atoms with Crippen LogP contribution in [-0.4, -0.2) is 29.4 Å². The molecule has 1 amide bonds. The number of halogens is 3. The number of likely N-dealkylation sites (tertiary alicyclic amines) is 1. The van der Waals surface area contributed by atoms with Gasteiger partial charge in [-0.15, -0.1) is 0 Å². The number of nitrogens with zero attached hydrogens (tertiary/aromatic N) is 1. The number of hydrogen-bond acceptors (Lipinski definition) is 2. The largest absolute Gasteiger partial charge is 0.338 e. The quantitative estimate of drug-likeness (QED) is 0.836. The number of carbonyl (C=O) groups excluding carboxylic acids is 1. The third-order valence-electron chi connectivity index (χ3n) is 6.11. The third kappa shape index (κ3) is 2.91. The lowest BCUT2D eigenvalue weighted by molar-refractivity contribution is -0.142. The molecule has 1 heterocycles. The highest BCUT2D eigenvalue weighted by molar-refractivity contribution is 5.86. The summed E-state index contributed by atoms with van der Waals surface area (Å²) in [6, 6.07) is 9.63. The Morgan fingerprint density at radius 1 is 1.21 bits per heavy atom. The highest BCUT2D eigenvalue weighted by atomic mass is 19.1. The van der Waals surface area contributed by atoms with Crippen LogP contribution >= 0.6 is 0 Å². The first-order valence-corrected chi connectivity index (χ1v) is 9.67. The Morgan fingerprint density at radius 2 is 1.89 bits per heavy atom. The first-order chi connectivity index (χ1) is 13.4. The number of carbonyl (C=O) groups is 1. The molecule has 28 heavy (non-hydrogen) atoms. The van der Waals surface area contributed by atoms with Crippen molar-refractivity contribution in [3.05, 3.63) is 59.7 Å². The Bertz CT molecular complexity index is 898. The molecule has 2 fully saturated rings. The van der Waals surface area contributed by atoms with Crippen LogP contribution in [0.3, 0.4) is 0 Å². The monoisotopic (exact) mass is 388 g/mol. The summed E-state index contributed by atoms with van der Waals surface area (Å²) >= 11 is 0. The minimum absolute atomic E-state index is 0.0174. The molecule has 1 unspecified atom stereocenters. The Hall–Kier alpha value is -2.34. The molecule has 0 bridgehead atoms. The van der Waals surface area contributed by atoms with Crippen LogP contribution in [0.1, 0.15) is 31.7 Å². The maximum absolute atomic E-state index is 15.8. The molecule has 0 aromatic heterocycles. The Balaban J connectivity index is 1.64. The number of amides is 1. The van der Waals surface area contributed by atoms with Crippen molar-refractivity contribution >= 4 is 5.91 Å². The van der Waals surface area contributed by atoms with Gasteiger partial charge in [0.05, 0.1) is 11.5 Å². The van der Waals surface area contributed by atoms with Crippen LogP contribution < -0.4 is 5.73 Å². The van der Waals surface area contributed by atoms with Crippen molar-refractivity contribution in [2.75, 3.05) is 6.54 Å². The van der Waals surface area contributed by atoms with Crippen molar-refractivity contribution in [1.29, 1.82) is 0 Å². The van der Waals surface area contributed by atoms with Gasteiger partial charge in [0.15, 0.2) is 0 Å². The van der Waals surface area contributed by atoms with Gasteiger partial charge in [-0.3, -0.25) is 4.79 Å². The van der Waals surface area contributed by atoms with Crippen molar-refractivity contribution in [2.45, 2.75) is 43.9 Å². The molecule has 148 valence electrons. The lowest BCUT2D eigenvalue weighted by Gasteiger charge is -2.44. The first-order valence-electron chi connectivity index (χ1n) is 9.67. The van der Waals surface area contributed by atoms with E-state index in [0.29, 0.717) is 6.54 Å². The van der Waals surface area contributed by atoms with Crippen LogP contribution in [0.4, 0.5) is 13.2 Å². The summed E-state index contributed by atoms with van der Waals surface area (Å²) in [4.78, 5) is 14.5. The summed E-state index contributed by atoms with van der Waals surface area (Å²) in [6.07, 6.45) is 1.59. The molecule has 2 N–H and O–H groups in total. The molecule has 1 aliphatic heterocycles. The van der Waals surface area contributed by atoms with Gasteiger partial charge in [-0.25, -0.2) is 13.2 Å². The fourth-order valence-corrected chi connectivity index (χ4v) is 4.24. The SMILES string of the molecule is CCC(N)[C@@H]1CCN1C(=O)[C@@H]1C[C@@]1(F)c1ccccc1-c1c(F)cccc1F. The zero-order valence-corrected chi connectivity index (χ0v) is 15.7. The predicted octanol–water partition coefficient (Wildman–Crippen LogP) is 4.15. The van der Waals surface area contributed by atoms with E-state index in [1.165, 1.54) is 18.2 Å². The molecule has 6 heteroatoms. The summed E-state index contributed by atoms with van der Waals surface area (Å²) < 4.78 is 44.4. The lowest BCUT2D eigenvalue weighted by Crippen LogP contribution is -2.59. The van der Waals surface area contributed by atoms with Gasteiger partial charge in [0.25, 0.3) is 0 Å². The number of hydrogen-bond donors (Lipinski definition) is 1. The molecule has 1 saturated heterocycles. The number of nitrogens with two attached hydrogens (primary N) is 1. The fraction of sp³-hybridized carbons (Fsp3) is 0.409. The zero-order chi connectivity index (χ0) is 20.1. The van der Waals surface area contributed by atoms with Gasteiger partial charge >= 0.3 is 0 Å². The normalized spacial score (nSPS) is 27.2. The Kier molecular flexibility index (Phi) is 4.70. The number of rotatable bonds is 5. The van der Waals surface area contributed by atoms with Crippen molar-refractivity contribution in [1.82, 2.24) is 4.90 Å². The summed E-state index contributed by atoms with van der Waals surface area (Å²) in [5, 5.41) is 0. The van der Waals surface area contributed by atoms with Crippen molar-refractivity contribution in [3.63, 3.8) is 0 Å². The predicted molar refractivity (Wildman–Crippen MR) is 101 cm³/mol. The van der Waals surface area contributed by atoms with Crippen molar-refractivity contribution in [2.24, 2.45) is 11.7 Å². The summed E-state index contributed by atoms with van der Waals surface area (Å²) in [5.74, 6) is -2.60. The molecule has 1 saturated carbocycles. The van der Waals surface area contributed by atoms with E-state index in [0.717, 1.165) is 25.0 Å². The molecule has 2 aromatic carbocycles. The van der Waals surface area contributed by atoms with Crippen LogP contribution in [0.25, 0.3) is 11.1 Å². The van der Waals surface area contributed by atoms with Gasteiger partial charge in [0.1, 0.15) is 17.3 Å². The van der Waals surface area contributed by atoms with Gasteiger partial charge in [-0.1, -0.05) is 37.3 Å². The summed E-state index contributed by atoms with van der Waals surface area (Å²) in [5.41, 5.74) is 4.20. The number of benzene rings is 2. The van der Waals surface area contributed by atoms with Crippen molar-refractivity contribution < 1.29 is 18.0 Å². The molecular weight excluding hydrogens is 365 g/mol. The van der Waals surface area contributed by atoms with Crippen LogP contribution in [0, 0.1) is 17.6 Å². The molecule has 1 aliphatic carbocycles. The lowest BCUT2D eigenvalue weighted by atomic mass is 9.91. The van der Waals surface area contributed by atoms with Crippen LogP contribution in [0.15, 0.2) is 42.5 Å². The molecule has 0 spiro atoms. The molecule has 2 aliphatic rings. The molecule has 0 radical (unpaired) electrons. The second-order valence-electron chi connectivity index (χ2n) is 7.72. The van der Waals surface area contributed by atoms with Crippen LogP contribution in [-0.2, 0) is 10.5 Å². The average molecular weight is 388 g/mol. The van der Waals surface area contributed by atoms with E-state index in [9.17, 15) is 13.6 Å². The van der Waals surface area contributed by atoms with E-state index in [2.05, 4.69) is 0 Å². The molecule has 4 atom stereocenters. The van der Waals surface area contributed by atoms with E-state index in [-0.39, 0.29) is 41.1 Å².